The molecule has 1 heterocycles. The zero-order valence-electron chi connectivity index (χ0n) is 20.0. The van der Waals surface area contributed by atoms with Crippen molar-refractivity contribution in [1.29, 1.82) is 0 Å². The summed E-state index contributed by atoms with van der Waals surface area (Å²) in [5, 5.41) is 12.5. The fourth-order valence-corrected chi connectivity index (χ4v) is 5.07. The summed E-state index contributed by atoms with van der Waals surface area (Å²) in [4.78, 5) is 28.2. The van der Waals surface area contributed by atoms with E-state index >= 15 is 0 Å². The average molecular weight is 505 g/mol. The summed E-state index contributed by atoms with van der Waals surface area (Å²) < 4.78 is 32.3. The monoisotopic (exact) mass is 504 g/mol. The van der Waals surface area contributed by atoms with E-state index in [0.29, 0.717) is 17.9 Å². The Morgan fingerprint density at radius 1 is 1.17 bits per heavy atom. The lowest BCUT2D eigenvalue weighted by atomic mass is 9.86. The summed E-state index contributed by atoms with van der Waals surface area (Å²) in [5.41, 5.74) is 2.88. The van der Waals surface area contributed by atoms with Crippen molar-refractivity contribution in [2.24, 2.45) is 5.92 Å². The molecule has 10 nitrogen and oxygen atoms in total. The Kier molecular flexibility index (Phi) is 9.16. The molecule has 3 rings (SSSR count). The standard InChI is InChI=1S/C24H32N4O6S/c1-16(2)18-11-13-20(14-12-18)35(32,33)28-23(30)22-25-24(34-27-22)19(15-21(29)26-31)10-6-9-17-7-4-3-5-8-17/h10-14,16-17,31H,3-9,15H2,1-2H3,(H,26,29)(H,28,30)/b19-10-. The van der Waals surface area contributed by atoms with Crippen LogP contribution in [0, 0.1) is 5.92 Å². The Morgan fingerprint density at radius 3 is 2.49 bits per heavy atom. The molecule has 1 fully saturated rings. The van der Waals surface area contributed by atoms with E-state index in [1.54, 1.807) is 23.7 Å². The Hall–Kier alpha value is -3.05. The van der Waals surface area contributed by atoms with Crippen molar-refractivity contribution >= 4 is 27.4 Å². The van der Waals surface area contributed by atoms with Crippen molar-refractivity contribution in [3.05, 3.63) is 47.6 Å². The highest BCUT2D eigenvalue weighted by Crippen LogP contribution is 2.28. The second-order valence-corrected chi connectivity index (χ2v) is 10.8. The molecule has 2 amide bonds. The number of nitrogens with one attached hydrogen (secondary N) is 2. The van der Waals surface area contributed by atoms with Gasteiger partial charge in [0.25, 0.3) is 21.7 Å². The van der Waals surface area contributed by atoms with Gasteiger partial charge in [-0.15, -0.1) is 0 Å². The first-order chi connectivity index (χ1) is 16.7. The maximum absolute atomic E-state index is 12.6. The molecule has 0 unspecified atom stereocenters. The number of nitrogens with zero attached hydrogens (tertiary/aromatic N) is 2. The highest BCUT2D eigenvalue weighted by Gasteiger charge is 2.24. The molecule has 1 aromatic heterocycles. The van der Waals surface area contributed by atoms with E-state index in [1.165, 1.54) is 44.2 Å². The first-order valence-corrected chi connectivity index (χ1v) is 13.3. The zero-order chi connectivity index (χ0) is 25.4. The van der Waals surface area contributed by atoms with E-state index in [1.807, 2.05) is 18.6 Å². The fourth-order valence-electron chi connectivity index (χ4n) is 4.12. The molecule has 11 heteroatoms. The fraction of sp³-hybridized carbons (Fsp3) is 0.500. The first-order valence-electron chi connectivity index (χ1n) is 11.8. The number of hydrogen-bond donors (Lipinski definition) is 3. The number of allylic oxidation sites excluding steroid dienone is 1. The minimum absolute atomic E-state index is 0.0677. The van der Waals surface area contributed by atoms with Crippen LogP contribution in [0.4, 0.5) is 0 Å². The molecule has 3 N–H and O–H groups in total. The van der Waals surface area contributed by atoms with Gasteiger partial charge in [0.2, 0.25) is 5.91 Å². The number of hydroxylamine groups is 1. The summed E-state index contributed by atoms with van der Waals surface area (Å²) in [6.07, 6.45) is 9.24. The van der Waals surface area contributed by atoms with E-state index in [0.717, 1.165) is 12.0 Å². The number of carbonyl (C=O) groups excluding carboxylic acids is 2. The van der Waals surface area contributed by atoms with Gasteiger partial charge in [0.15, 0.2) is 0 Å². The molecule has 1 aliphatic carbocycles. The van der Waals surface area contributed by atoms with Crippen LogP contribution in [-0.4, -0.2) is 35.6 Å². The second kappa shape index (κ2) is 12.1. The van der Waals surface area contributed by atoms with Gasteiger partial charge in [-0.05, 0) is 42.4 Å². The molecular weight excluding hydrogens is 472 g/mol. The minimum atomic E-state index is -4.14. The number of rotatable bonds is 10. The molecule has 1 aromatic carbocycles. The van der Waals surface area contributed by atoms with Gasteiger partial charge in [0.1, 0.15) is 0 Å². The molecule has 0 radical (unpaired) electrons. The van der Waals surface area contributed by atoms with Crippen molar-refractivity contribution in [1.82, 2.24) is 20.3 Å². The van der Waals surface area contributed by atoms with Gasteiger partial charge in [0.05, 0.1) is 11.3 Å². The Labute approximate surface area is 205 Å². The summed E-state index contributed by atoms with van der Waals surface area (Å²) in [5.74, 6) is -1.44. The van der Waals surface area contributed by atoms with Gasteiger partial charge < -0.3 is 4.52 Å². The van der Waals surface area contributed by atoms with Crippen molar-refractivity contribution in [2.45, 2.75) is 76.0 Å². The van der Waals surface area contributed by atoms with E-state index in [4.69, 9.17) is 9.73 Å². The zero-order valence-corrected chi connectivity index (χ0v) is 20.8. The maximum atomic E-state index is 12.6. The van der Waals surface area contributed by atoms with Crippen molar-refractivity contribution in [3.8, 4) is 0 Å². The maximum Gasteiger partial charge on any atom is 0.306 e. The van der Waals surface area contributed by atoms with Crippen LogP contribution in [0.15, 0.2) is 39.8 Å². The average Bonchev–Trinajstić information content (AvgIpc) is 3.34. The molecule has 0 bridgehead atoms. The second-order valence-electron chi connectivity index (χ2n) is 9.10. The van der Waals surface area contributed by atoms with Crippen molar-refractivity contribution < 1.29 is 27.7 Å². The largest absolute Gasteiger partial charge is 0.334 e. The van der Waals surface area contributed by atoms with Crippen LogP contribution >= 0.6 is 0 Å². The number of carbonyl (C=O) groups is 2. The summed E-state index contributed by atoms with van der Waals surface area (Å²) >= 11 is 0. The van der Waals surface area contributed by atoms with E-state index < -0.39 is 27.7 Å². The molecule has 0 aliphatic heterocycles. The highest BCUT2D eigenvalue weighted by molar-refractivity contribution is 7.90. The van der Waals surface area contributed by atoms with E-state index in [2.05, 4.69) is 10.1 Å². The summed E-state index contributed by atoms with van der Waals surface area (Å²) in [6.45, 7) is 3.98. The Balaban J connectivity index is 1.71. The summed E-state index contributed by atoms with van der Waals surface area (Å²) in [7, 11) is -4.14. The van der Waals surface area contributed by atoms with Gasteiger partial charge in [-0.3, -0.25) is 14.8 Å². The lowest BCUT2D eigenvalue weighted by Gasteiger charge is -2.20. The SMILES string of the molecule is CC(C)c1ccc(S(=O)(=O)NC(=O)c2noc(/C(=C\CCC3CCCCC3)CC(=O)NO)n2)cc1. The lowest BCUT2D eigenvalue weighted by molar-refractivity contribution is -0.128. The molecule has 2 aromatic rings. The number of sulfonamides is 1. The van der Waals surface area contributed by atoms with Gasteiger partial charge in [-0.2, -0.15) is 4.98 Å². The molecule has 0 atom stereocenters. The number of hydrogen-bond acceptors (Lipinski definition) is 8. The number of aromatic nitrogens is 2. The van der Waals surface area contributed by atoms with Crippen LogP contribution in [0.3, 0.4) is 0 Å². The Bertz CT molecular complexity index is 1150. The topological polar surface area (TPSA) is 151 Å². The molecule has 0 spiro atoms. The van der Waals surface area contributed by atoms with E-state index in [-0.39, 0.29) is 23.1 Å². The number of amides is 2. The normalized spacial score (nSPS) is 15.3. The van der Waals surface area contributed by atoms with Gasteiger partial charge in [-0.25, -0.2) is 18.6 Å². The van der Waals surface area contributed by atoms with E-state index in [9.17, 15) is 18.0 Å². The summed E-state index contributed by atoms with van der Waals surface area (Å²) in [6, 6.07) is 6.22. The van der Waals surface area contributed by atoms with Crippen LogP contribution in [0.5, 0.6) is 0 Å². The van der Waals surface area contributed by atoms with Crippen LogP contribution in [0.25, 0.3) is 5.57 Å². The van der Waals surface area contributed by atoms with Crippen molar-refractivity contribution in [2.75, 3.05) is 0 Å². The van der Waals surface area contributed by atoms with Crippen LogP contribution in [-0.2, 0) is 14.8 Å². The van der Waals surface area contributed by atoms with Crippen LogP contribution in [0.1, 0.15) is 93.2 Å². The van der Waals surface area contributed by atoms with Gasteiger partial charge >= 0.3 is 5.91 Å². The molecule has 1 aliphatic rings. The van der Waals surface area contributed by atoms with Crippen LogP contribution < -0.4 is 10.2 Å². The predicted octanol–water partition coefficient (Wildman–Crippen LogP) is 3.95. The predicted molar refractivity (Wildman–Crippen MR) is 128 cm³/mol. The molecule has 0 saturated heterocycles. The van der Waals surface area contributed by atoms with Gasteiger partial charge in [-0.1, -0.05) is 69.3 Å². The Morgan fingerprint density at radius 2 is 1.86 bits per heavy atom. The number of benzene rings is 1. The third-order valence-corrected chi connectivity index (χ3v) is 7.50. The third kappa shape index (κ3) is 7.46. The molecule has 1 saturated carbocycles. The van der Waals surface area contributed by atoms with Crippen molar-refractivity contribution in [3.63, 3.8) is 0 Å². The molecular formula is C24H32N4O6S. The smallest absolute Gasteiger partial charge is 0.306 e. The minimum Gasteiger partial charge on any atom is -0.334 e. The lowest BCUT2D eigenvalue weighted by Crippen LogP contribution is -2.31. The van der Waals surface area contributed by atoms with Gasteiger partial charge in [0, 0.05) is 5.57 Å². The molecule has 35 heavy (non-hydrogen) atoms. The first kappa shape index (κ1) is 26.6. The van der Waals surface area contributed by atoms with Crippen LogP contribution in [0.2, 0.25) is 0 Å². The quantitative estimate of drug-likeness (QED) is 0.325. The third-order valence-electron chi connectivity index (χ3n) is 6.15. The highest BCUT2D eigenvalue weighted by atomic mass is 32.2. The molecule has 190 valence electrons.